The Morgan fingerprint density at radius 2 is 2.00 bits per heavy atom. The van der Waals surface area contributed by atoms with Crippen LogP contribution in [0.1, 0.15) is 0 Å². The molecule has 0 fully saturated rings. The Morgan fingerprint density at radius 1 is 1.33 bits per heavy atom. The van der Waals surface area contributed by atoms with Gasteiger partial charge in [-0.2, -0.15) is 0 Å². The van der Waals surface area contributed by atoms with Crippen LogP contribution in [-0.2, 0) is 4.79 Å². The molecule has 0 radical (unpaired) electrons. The fourth-order valence-corrected chi connectivity index (χ4v) is 1.02. The van der Waals surface area contributed by atoms with Crippen molar-refractivity contribution >= 4 is 11.6 Å². The smallest absolute Gasteiger partial charge is 0.238 e. The summed E-state index contributed by atoms with van der Waals surface area (Å²) in [4.78, 5) is 11.2. The van der Waals surface area contributed by atoms with E-state index in [0.717, 1.165) is 0 Å². The van der Waals surface area contributed by atoms with Crippen LogP contribution >= 0.6 is 0 Å². The van der Waals surface area contributed by atoms with Gasteiger partial charge in [0.1, 0.15) is 5.82 Å². The number of carbonyl (C=O) groups excluding carboxylic acids is 1. The van der Waals surface area contributed by atoms with Gasteiger partial charge in [0.15, 0.2) is 0 Å². The monoisotopic (exact) mass is 212 g/mol. The Morgan fingerprint density at radius 3 is 2.60 bits per heavy atom. The van der Waals surface area contributed by atoms with Gasteiger partial charge in [0.05, 0.1) is 13.2 Å². The summed E-state index contributed by atoms with van der Waals surface area (Å²) in [5.74, 6) is -0.568. The molecule has 4 nitrogen and oxygen atoms in total. The van der Waals surface area contributed by atoms with Gasteiger partial charge < -0.3 is 15.7 Å². The minimum Gasteiger partial charge on any atom is -0.395 e. The lowest BCUT2D eigenvalue weighted by atomic mass is 10.3. The minimum absolute atomic E-state index is 0.0101. The number of anilines is 1. The number of halogens is 1. The van der Waals surface area contributed by atoms with Gasteiger partial charge in [0.25, 0.3) is 0 Å². The van der Waals surface area contributed by atoms with Gasteiger partial charge in [-0.1, -0.05) is 0 Å². The van der Waals surface area contributed by atoms with Gasteiger partial charge in [-0.05, 0) is 24.3 Å². The number of aliphatic hydroxyl groups is 1. The van der Waals surface area contributed by atoms with E-state index in [1.165, 1.54) is 24.3 Å². The van der Waals surface area contributed by atoms with Crippen molar-refractivity contribution < 1.29 is 14.3 Å². The van der Waals surface area contributed by atoms with Crippen LogP contribution in [0.4, 0.5) is 10.1 Å². The zero-order valence-electron chi connectivity index (χ0n) is 8.16. The molecular weight excluding hydrogens is 199 g/mol. The van der Waals surface area contributed by atoms with Crippen LogP contribution in [0.15, 0.2) is 24.3 Å². The summed E-state index contributed by atoms with van der Waals surface area (Å²) < 4.78 is 12.5. The average molecular weight is 212 g/mol. The van der Waals surface area contributed by atoms with E-state index in [9.17, 15) is 9.18 Å². The molecule has 0 saturated heterocycles. The Bertz CT molecular complexity index is 314. The lowest BCUT2D eigenvalue weighted by molar-refractivity contribution is -0.115. The molecule has 3 N–H and O–H groups in total. The summed E-state index contributed by atoms with van der Waals surface area (Å²) in [6.45, 7) is 0.485. The van der Waals surface area contributed by atoms with Crippen molar-refractivity contribution in [2.24, 2.45) is 0 Å². The van der Waals surface area contributed by atoms with Crippen LogP contribution in [0.2, 0.25) is 0 Å². The fourth-order valence-electron chi connectivity index (χ4n) is 1.02. The Hall–Kier alpha value is -1.46. The van der Waals surface area contributed by atoms with Crippen molar-refractivity contribution in [2.45, 2.75) is 0 Å². The fraction of sp³-hybridized carbons (Fsp3) is 0.300. The number of carbonyl (C=O) groups is 1. The molecule has 1 rings (SSSR count). The van der Waals surface area contributed by atoms with Gasteiger partial charge in [-0.15, -0.1) is 0 Å². The highest BCUT2D eigenvalue weighted by molar-refractivity contribution is 5.92. The molecule has 5 heteroatoms. The molecule has 0 heterocycles. The Balaban J connectivity index is 2.34. The van der Waals surface area contributed by atoms with Crippen molar-refractivity contribution in [3.63, 3.8) is 0 Å². The zero-order chi connectivity index (χ0) is 11.1. The first-order chi connectivity index (χ1) is 7.22. The molecule has 0 aliphatic carbocycles. The SMILES string of the molecule is O=C(CNCCO)Nc1ccc(F)cc1. The molecule has 0 saturated carbocycles. The second-order valence-corrected chi connectivity index (χ2v) is 2.96. The molecule has 0 spiro atoms. The second kappa shape index (κ2) is 6.10. The molecule has 15 heavy (non-hydrogen) atoms. The average Bonchev–Trinajstić information content (AvgIpc) is 2.22. The lowest BCUT2D eigenvalue weighted by Gasteiger charge is -2.05. The maximum atomic E-state index is 12.5. The number of hydrogen-bond acceptors (Lipinski definition) is 3. The van der Waals surface area contributed by atoms with Gasteiger partial charge in [0.2, 0.25) is 5.91 Å². The van der Waals surface area contributed by atoms with Crippen LogP contribution in [0.3, 0.4) is 0 Å². The molecule has 0 aliphatic heterocycles. The number of amides is 1. The standard InChI is InChI=1S/C10H13FN2O2/c11-8-1-3-9(4-2-8)13-10(15)7-12-5-6-14/h1-4,12,14H,5-7H2,(H,13,15). The van der Waals surface area contributed by atoms with E-state index >= 15 is 0 Å². The summed E-state index contributed by atoms with van der Waals surface area (Å²) in [5, 5.41) is 13.8. The molecule has 1 aromatic carbocycles. The normalized spacial score (nSPS) is 10.0. The maximum Gasteiger partial charge on any atom is 0.238 e. The topological polar surface area (TPSA) is 61.4 Å². The van der Waals surface area contributed by atoms with Crippen LogP contribution in [0.25, 0.3) is 0 Å². The maximum absolute atomic E-state index is 12.5. The Kier molecular flexibility index (Phi) is 4.73. The molecule has 0 aliphatic rings. The summed E-state index contributed by atoms with van der Waals surface area (Å²) in [5.41, 5.74) is 0.548. The molecular formula is C10H13FN2O2. The molecule has 1 amide bonds. The molecule has 82 valence electrons. The third-order valence-electron chi connectivity index (χ3n) is 1.70. The highest BCUT2D eigenvalue weighted by Crippen LogP contribution is 2.07. The van der Waals surface area contributed by atoms with E-state index in [1.807, 2.05) is 0 Å². The van der Waals surface area contributed by atoms with Crippen LogP contribution in [0.5, 0.6) is 0 Å². The lowest BCUT2D eigenvalue weighted by Crippen LogP contribution is -2.29. The molecule has 0 bridgehead atoms. The van der Waals surface area contributed by atoms with Crippen molar-refractivity contribution in [3.8, 4) is 0 Å². The number of nitrogens with one attached hydrogen (secondary N) is 2. The summed E-state index contributed by atoms with van der Waals surface area (Å²) in [6.07, 6.45) is 0. The van der Waals surface area contributed by atoms with E-state index in [4.69, 9.17) is 5.11 Å². The van der Waals surface area contributed by atoms with Crippen molar-refractivity contribution in [1.29, 1.82) is 0 Å². The predicted octanol–water partition coefficient (Wildman–Crippen LogP) is 0.346. The third kappa shape index (κ3) is 4.53. The Labute approximate surface area is 87.1 Å². The number of benzene rings is 1. The van der Waals surface area contributed by atoms with Gasteiger partial charge in [0, 0.05) is 12.2 Å². The zero-order valence-corrected chi connectivity index (χ0v) is 8.16. The third-order valence-corrected chi connectivity index (χ3v) is 1.70. The highest BCUT2D eigenvalue weighted by atomic mass is 19.1. The van der Waals surface area contributed by atoms with E-state index < -0.39 is 0 Å². The first-order valence-electron chi connectivity index (χ1n) is 4.59. The largest absolute Gasteiger partial charge is 0.395 e. The van der Waals surface area contributed by atoms with E-state index in [0.29, 0.717) is 12.2 Å². The quantitative estimate of drug-likeness (QED) is 0.617. The molecule has 1 aromatic rings. The van der Waals surface area contributed by atoms with Crippen LogP contribution < -0.4 is 10.6 Å². The molecule has 0 aromatic heterocycles. The summed E-state index contributed by atoms with van der Waals surface area (Å²) in [6, 6.07) is 5.52. The summed E-state index contributed by atoms with van der Waals surface area (Å²) in [7, 11) is 0. The highest BCUT2D eigenvalue weighted by Gasteiger charge is 2.00. The van der Waals surface area contributed by atoms with Gasteiger partial charge in [-0.3, -0.25) is 4.79 Å². The first-order valence-corrected chi connectivity index (χ1v) is 4.59. The number of hydrogen-bond donors (Lipinski definition) is 3. The summed E-state index contributed by atoms with van der Waals surface area (Å²) >= 11 is 0. The number of aliphatic hydroxyl groups excluding tert-OH is 1. The van der Waals surface area contributed by atoms with Crippen molar-refractivity contribution in [1.82, 2.24) is 5.32 Å². The van der Waals surface area contributed by atoms with Gasteiger partial charge >= 0.3 is 0 Å². The van der Waals surface area contributed by atoms with E-state index in [1.54, 1.807) is 0 Å². The minimum atomic E-state index is -0.341. The van der Waals surface area contributed by atoms with Crippen LogP contribution in [0, 0.1) is 5.82 Å². The van der Waals surface area contributed by atoms with Crippen molar-refractivity contribution in [2.75, 3.05) is 25.0 Å². The van der Waals surface area contributed by atoms with E-state index in [2.05, 4.69) is 10.6 Å². The van der Waals surface area contributed by atoms with Crippen molar-refractivity contribution in [3.05, 3.63) is 30.1 Å². The molecule has 0 unspecified atom stereocenters. The second-order valence-electron chi connectivity index (χ2n) is 2.96. The predicted molar refractivity (Wildman–Crippen MR) is 55.0 cm³/mol. The first kappa shape index (κ1) is 11.6. The van der Waals surface area contributed by atoms with Gasteiger partial charge in [-0.25, -0.2) is 4.39 Å². The molecule has 0 atom stereocenters. The van der Waals surface area contributed by atoms with E-state index in [-0.39, 0.29) is 24.9 Å². The number of rotatable bonds is 5. The van der Waals surface area contributed by atoms with Crippen LogP contribution in [-0.4, -0.2) is 30.7 Å².